The molecule has 1 aromatic rings. The van der Waals surface area contributed by atoms with Crippen LogP contribution in [0.15, 0.2) is 17.3 Å². The second-order valence-corrected chi connectivity index (χ2v) is 6.63. The van der Waals surface area contributed by atoms with E-state index in [1.807, 2.05) is 20.8 Å². The van der Waals surface area contributed by atoms with Crippen molar-refractivity contribution in [3.8, 4) is 0 Å². The fourth-order valence-electron chi connectivity index (χ4n) is 1.97. The van der Waals surface area contributed by atoms with Crippen LogP contribution in [-0.4, -0.2) is 48.7 Å². The maximum absolute atomic E-state index is 12.5. The fourth-order valence-corrected chi connectivity index (χ4v) is 3.55. The minimum atomic E-state index is -3.41. The van der Waals surface area contributed by atoms with Gasteiger partial charge in [-0.3, -0.25) is 4.68 Å². The van der Waals surface area contributed by atoms with Crippen molar-refractivity contribution in [2.45, 2.75) is 45.1 Å². The van der Waals surface area contributed by atoms with Crippen molar-refractivity contribution in [1.29, 1.82) is 0 Å². The average molecular weight is 302 g/mol. The molecule has 0 saturated heterocycles. The third kappa shape index (κ3) is 4.57. The minimum absolute atomic E-state index is 0.288. The highest BCUT2D eigenvalue weighted by Gasteiger charge is 2.24. The first-order valence-electron chi connectivity index (χ1n) is 7.29. The van der Waals surface area contributed by atoms with Gasteiger partial charge in [0.05, 0.1) is 12.7 Å². The van der Waals surface area contributed by atoms with Gasteiger partial charge in [-0.1, -0.05) is 20.8 Å². The second kappa shape index (κ2) is 8.39. The summed E-state index contributed by atoms with van der Waals surface area (Å²) in [6.45, 7) is 9.46. The lowest BCUT2D eigenvalue weighted by Gasteiger charge is -2.19. The van der Waals surface area contributed by atoms with Crippen molar-refractivity contribution in [1.82, 2.24) is 19.4 Å². The largest absolute Gasteiger partial charge is 0.315 e. The highest BCUT2D eigenvalue weighted by atomic mass is 32.2. The van der Waals surface area contributed by atoms with Crippen molar-refractivity contribution in [3.05, 3.63) is 12.4 Å². The molecular formula is C13H26N4O2S. The molecule has 0 spiro atoms. The van der Waals surface area contributed by atoms with E-state index in [1.165, 1.54) is 6.20 Å². The molecule has 116 valence electrons. The number of nitrogens with zero attached hydrogens (tertiary/aromatic N) is 3. The molecule has 1 heterocycles. The van der Waals surface area contributed by atoms with Crippen LogP contribution in [0.25, 0.3) is 0 Å². The average Bonchev–Trinajstić information content (AvgIpc) is 2.88. The van der Waals surface area contributed by atoms with Crippen LogP contribution in [0.3, 0.4) is 0 Å². The van der Waals surface area contributed by atoms with Crippen LogP contribution in [0.2, 0.25) is 0 Å². The van der Waals surface area contributed by atoms with Gasteiger partial charge in [0.15, 0.2) is 0 Å². The number of hydrogen-bond acceptors (Lipinski definition) is 4. The number of aromatic nitrogens is 2. The number of sulfonamides is 1. The Morgan fingerprint density at radius 3 is 2.45 bits per heavy atom. The van der Waals surface area contributed by atoms with Gasteiger partial charge in [-0.25, -0.2) is 8.42 Å². The molecule has 1 rings (SSSR count). The topological polar surface area (TPSA) is 67.2 Å². The van der Waals surface area contributed by atoms with Gasteiger partial charge in [0, 0.05) is 25.8 Å². The number of likely N-dealkylation sites (N-methyl/N-ethyl adjacent to an activating group) is 1. The van der Waals surface area contributed by atoms with E-state index in [2.05, 4.69) is 10.4 Å². The van der Waals surface area contributed by atoms with E-state index in [-0.39, 0.29) is 4.90 Å². The van der Waals surface area contributed by atoms with Crippen LogP contribution in [0.1, 0.15) is 33.6 Å². The standard InChI is InChI=1S/C13H26N4O2S/c1-4-8-17(9-5-2)20(18,19)13-11-15-16(12-13)10-7-14-6-3/h11-12,14H,4-10H2,1-3H3. The zero-order valence-corrected chi connectivity index (χ0v) is 13.5. The van der Waals surface area contributed by atoms with Gasteiger partial charge >= 0.3 is 0 Å². The molecule has 1 N–H and O–H groups in total. The Kier molecular flexibility index (Phi) is 7.18. The zero-order valence-electron chi connectivity index (χ0n) is 12.7. The zero-order chi connectivity index (χ0) is 15.0. The van der Waals surface area contributed by atoms with Gasteiger partial charge < -0.3 is 5.32 Å². The molecule has 0 aliphatic rings. The predicted octanol–water partition coefficient (Wildman–Crippen LogP) is 1.30. The monoisotopic (exact) mass is 302 g/mol. The Bertz CT molecular complexity index is 478. The molecule has 1 aromatic heterocycles. The molecule has 20 heavy (non-hydrogen) atoms. The van der Waals surface area contributed by atoms with Crippen LogP contribution in [0, 0.1) is 0 Å². The van der Waals surface area contributed by atoms with Crippen LogP contribution in [0.5, 0.6) is 0 Å². The molecule has 7 heteroatoms. The first-order valence-corrected chi connectivity index (χ1v) is 8.73. The Morgan fingerprint density at radius 1 is 1.25 bits per heavy atom. The number of nitrogens with one attached hydrogen (secondary N) is 1. The molecule has 0 atom stereocenters. The van der Waals surface area contributed by atoms with E-state index in [0.717, 1.165) is 25.9 Å². The molecule has 0 unspecified atom stereocenters. The van der Waals surface area contributed by atoms with Gasteiger partial charge in [0.1, 0.15) is 4.90 Å². The first kappa shape index (κ1) is 17.1. The molecule has 0 radical (unpaired) electrons. The predicted molar refractivity (Wildman–Crippen MR) is 80.1 cm³/mol. The Balaban J connectivity index is 2.80. The summed E-state index contributed by atoms with van der Waals surface area (Å²) in [6, 6.07) is 0. The summed E-state index contributed by atoms with van der Waals surface area (Å²) in [4.78, 5) is 0.288. The van der Waals surface area contributed by atoms with Crippen molar-refractivity contribution < 1.29 is 8.42 Å². The van der Waals surface area contributed by atoms with Gasteiger partial charge in [0.25, 0.3) is 0 Å². The summed E-state index contributed by atoms with van der Waals surface area (Å²) in [6.07, 6.45) is 4.69. The lowest BCUT2D eigenvalue weighted by Crippen LogP contribution is -2.32. The molecule has 6 nitrogen and oxygen atoms in total. The normalized spacial score (nSPS) is 12.2. The van der Waals surface area contributed by atoms with Crippen LogP contribution >= 0.6 is 0 Å². The molecular weight excluding hydrogens is 276 g/mol. The number of hydrogen-bond donors (Lipinski definition) is 1. The van der Waals surface area contributed by atoms with E-state index in [4.69, 9.17) is 0 Å². The lowest BCUT2D eigenvalue weighted by atomic mass is 10.4. The van der Waals surface area contributed by atoms with Crippen molar-refractivity contribution in [2.24, 2.45) is 0 Å². The van der Waals surface area contributed by atoms with Crippen LogP contribution in [-0.2, 0) is 16.6 Å². The van der Waals surface area contributed by atoms with E-state index in [1.54, 1.807) is 15.2 Å². The van der Waals surface area contributed by atoms with E-state index in [9.17, 15) is 8.42 Å². The molecule has 0 bridgehead atoms. The number of rotatable bonds is 10. The molecule has 0 aliphatic heterocycles. The van der Waals surface area contributed by atoms with Gasteiger partial charge in [-0.05, 0) is 19.4 Å². The SMILES string of the molecule is CCCN(CCC)S(=O)(=O)c1cnn(CCNCC)c1. The summed E-state index contributed by atoms with van der Waals surface area (Å²) >= 11 is 0. The highest BCUT2D eigenvalue weighted by molar-refractivity contribution is 7.89. The van der Waals surface area contributed by atoms with Crippen LogP contribution in [0.4, 0.5) is 0 Å². The van der Waals surface area contributed by atoms with Crippen molar-refractivity contribution >= 4 is 10.0 Å². The molecule has 0 saturated carbocycles. The maximum Gasteiger partial charge on any atom is 0.246 e. The van der Waals surface area contributed by atoms with Gasteiger partial charge in [-0.15, -0.1) is 0 Å². The Labute approximate surface area is 122 Å². The third-order valence-electron chi connectivity index (χ3n) is 2.96. The fraction of sp³-hybridized carbons (Fsp3) is 0.769. The summed E-state index contributed by atoms with van der Waals surface area (Å²) in [7, 11) is -3.41. The molecule has 0 aliphatic carbocycles. The second-order valence-electron chi connectivity index (χ2n) is 4.70. The van der Waals surface area contributed by atoms with Crippen molar-refractivity contribution in [2.75, 3.05) is 26.2 Å². The summed E-state index contributed by atoms with van der Waals surface area (Å²) < 4.78 is 28.2. The van der Waals surface area contributed by atoms with Crippen molar-refractivity contribution in [3.63, 3.8) is 0 Å². The van der Waals surface area contributed by atoms with Crippen LogP contribution < -0.4 is 5.32 Å². The lowest BCUT2D eigenvalue weighted by molar-refractivity contribution is 0.410. The van der Waals surface area contributed by atoms with Gasteiger partial charge in [0.2, 0.25) is 10.0 Å². The first-order chi connectivity index (χ1) is 9.56. The Morgan fingerprint density at radius 2 is 1.90 bits per heavy atom. The third-order valence-corrected chi connectivity index (χ3v) is 4.81. The molecule has 0 amide bonds. The summed E-state index contributed by atoms with van der Waals surface area (Å²) in [5.74, 6) is 0. The molecule has 0 fully saturated rings. The van der Waals surface area contributed by atoms with E-state index >= 15 is 0 Å². The van der Waals surface area contributed by atoms with E-state index < -0.39 is 10.0 Å². The highest BCUT2D eigenvalue weighted by Crippen LogP contribution is 2.15. The maximum atomic E-state index is 12.5. The van der Waals surface area contributed by atoms with E-state index in [0.29, 0.717) is 19.6 Å². The minimum Gasteiger partial charge on any atom is -0.315 e. The Hall–Kier alpha value is -0.920. The quantitative estimate of drug-likeness (QED) is 0.662. The molecule has 0 aromatic carbocycles. The summed E-state index contributed by atoms with van der Waals surface area (Å²) in [5, 5.41) is 7.32. The summed E-state index contributed by atoms with van der Waals surface area (Å²) in [5.41, 5.74) is 0. The smallest absolute Gasteiger partial charge is 0.246 e. The van der Waals surface area contributed by atoms with Gasteiger partial charge in [-0.2, -0.15) is 9.40 Å².